The molecule has 3 nitrogen and oxygen atoms in total. The van der Waals surface area contributed by atoms with Gasteiger partial charge in [-0.2, -0.15) is 0 Å². The van der Waals surface area contributed by atoms with Crippen LogP contribution in [0.5, 0.6) is 0 Å². The van der Waals surface area contributed by atoms with Crippen molar-refractivity contribution in [2.75, 3.05) is 0 Å². The lowest BCUT2D eigenvalue weighted by Crippen LogP contribution is -2.10. The number of aromatic nitrogens is 3. The number of benzene rings is 4. The molecule has 0 spiro atoms. The third-order valence-electron chi connectivity index (χ3n) is 6.90. The van der Waals surface area contributed by atoms with E-state index in [-0.39, 0.29) is 0 Å². The largest absolute Gasteiger partial charge is 0.212 e. The van der Waals surface area contributed by atoms with E-state index >= 15 is 0 Å². The van der Waals surface area contributed by atoms with Gasteiger partial charge >= 0.3 is 0 Å². The zero-order valence-electron chi connectivity index (χ0n) is 23.0. The number of rotatable bonds is 6. The molecule has 0 atom stereocenters. The van der Waals surface area contributed by atoms with Crippen LogP contribution in [-0.4, -0.2) is 14.8 Å². The third-order valence-corrected chi connectivity index (χ3v) is 7.39. The summed E-state index contributed by atoms with van der Waals surface area (Å²) in [6.45, 7) is 13.3. The van der Waals surface area contributed by atoms with Crippen molar-refractivity contribution in [3.8, 4) is 39.6 Å². The summed E-state index contributed by atoms with van der Waals surface area (Å²) < 4.78 is 3.11. The van der Waals surface area contributed by atoms with Crippen molar-refractivity contribution in [1.29, 1.82) is 0 Å². The summed E-state index contributed by atoms with van der Waals surface area (Å²) in [5, 5.41) is 5.22. The third kappa shape index (κ3) is 5.23. The van der Waals surface area contributed by atoms with Crippen molar-refractivity contribution < 1.29 is 0 Å². The Hall–Kier alpha value is -3.50. The molecule has 4 aromatic carbocycles. The van der Waals surface area contributed by atoms with Gasteiger partial charge in [0.15, 0.2) is 11.6 Å². The van der Waals surface area contributed by atoms with Crippen molar-refractivity contribution in [1.82, 2.24) is 14.8 Å². The molecule has 0 bridgehead atoms. The van der Waals surface area contributed by atoms with Gasteiger partial charge in [0.1, 0.15) is 0 Å². The van der Waals surface area contributed by atoms with Crippen molar-refractivity contribution in [2.45, 2.75) is 53.4 Å². The van der Waals surface area contributed by atoms with Gasteiger partial charge in [0, 0.05) is 15.6 Å². The van der Waals surface area contributed by atoms with Crippen molar-refractivity contribution in [3.63, 3.8) is 0 Å². The number of aryl methyl sites for hydroxylation is 2. The first kappa shape index (κ1) is 26.1. The molecule has 4 heteroatoms. The average Bonchev–Trinajstić information content (AvgIpc) is 3.33. The lowest BCUT2D eigenvalue weighted by atomic mass is 9.88. The Balaban J connectivity index is 1.83. The molecule has 5 rings (SSSR count). The van der Waals surface area contributed by atoms with E-state index in [1.54, 1.807) is 0 Å². The fraction of sp³-hybridized carbons (Fsp3) is 0.235. The Kier molecular flexibility index (Phi) is 7.36. The quantitative estimate of drug-likeness (QED) is 0.206. The zero-order chi connectivity index (χ0) is 27.0. The highest BCUT2D eigenvalue weighted by atomic mass is 79.9. The molecular formula is C34H34BrN3. The Morgan fingerprint density at radius 3 is 1.82 bits per heavy atom. The van der Waals surface area contributed by atoms with Crippen LogP contribution in [0.15, 0.2) is 89.4 Å². The highest BCUT2D eigenvalue weighted by Crippen LogP contribution is 2.38. The molecule has 0 N–H and O–H groups in total. The van der Waals surface area contributed by atoms with Crippen LogP contribution in [0.3, 0.4) is 0 Å². The van der Waals surface area contributed by atoms with E-state index in [2.05, 4.69) is 141 Å². The molecule has 0 unspecified atom stereocenters. The van der Waals surface area contributed by atoms with Gasteiger partial charge in [-0.25, -0.2) is 9.67 Å². The molecule has 5 aromatic rings. The van der Waals surface area contributed by atoms with Crippen LogP contribution < -0.4 is 0 Å². The molecule has 0 aliphatic heterocycles. The molecule has 1 heterocycles. The fourth-order valence-electron chi connectivity index (χ4n) is 5.11. The molecule has 0 fully saturated rings. The molecule has 0 radical (unpaired) electrons. The van der Waals surface area contributed by atoms with Gasteiger partial charge < -0.3 is 0 Å². The maximum Gasteiger partial charge on any atom is 0.182 e. The van der Waals surface area contributed by atoms with Gasteiger partial charge in [-0.15, -0.1) is 5.10 Å². The first-order valence-corrected chi connectivity index (χ1v) is 14.1. The maximum absolute atomic E-state index is 5.22. The predicted octanol–water partition coefficient (Wildman–Crippen LogP) is 9.89. The maximum atomic E-state index is 5.22. The average molecular weight is 565 g/mol. The fourth-order valence-corrected chi connectivity index (χ4v) is 5.51. The zero-order valence-corrected chi connectivity index (χ0v) is 24.5. The highest BCUT2D eigenvalue weighted by Gasteiger charge is 2.24. The summed E-state index contributed by atoms with van der Waals surface area (Å²) in [6.07, 6.45) is 0. The summed E-state index contributed by atoms with van der Waals surface area (Å²) in [6, 6.07) is 30.2. The summed E-state index contributed by atoms with van der Waals surface area (Å²) in [4.78, 5) is 5.16. The first-order valence-electron chi connectivity index (χ1n) is 13.3. The lowest BCUT2D eigenvalue weighted by Gasteiger charge is -2.22. The van der Waals surface area contributed by atoms with Crippen LogP contribution in [0.4, 0.5) is 0 Å². The van der Waals surface area contributed by atoms with E-state index in [1.807, 2.05) is 6.07 Å². The van der Waals surface area contributed by atoms with E-state index in [1.165, 1.54) is 33.4 Å². The van der Waals surface area contributed by atoms with Crippen LogP contribution in [0.1, 0.15) is 61.8 Å². The van der Waals surface area contributed by atoms with Gasteiger partial charge in [0.05, 0.1) is 5.69 Å². The predicted molar refractivity (Wildman–Crippen MR) is 163 cm³/mol. The van der Waals surface area contributed by atoms with Crippen LogP contribution in [-0.2, 0) is 0 Å². The van der Waals surface area contributed by atoms with E-state index in [0.717, 1.165) is 32.9 Å². The Bertz CT molecular complexity index is 1550. The van der Waals surface area contributed by atoms with Gasteiger partial charge in [-0.1, -0.05) is 103 Å². The monoisotopic (exact) mass is 563 g/mol. The van der Waals surface area contributed by atoms with E-state index in [4.69, 9.17) is 10.1 Å². The molecular weight excluding hydrogens is 530 g/mol. The topological polar surface area (TPSA) is 30.7 Å². The van der Waals surface area contributed by atoms with Crippen molar-refractivity contribution in [2.24, 2.45) is 0 Å². The number of hydrogen-bond donors (Lipinski definition) is 0. The smallest absolute Gasteiger partial charge is 0.182 e. The standard InChI is InChI=1S/C34H34BrN3/c1-21(2)30-19-27(25-11-8-7-9-12-25)20-31(22(3)4)32(30)38-34(26-13-10-14-29(35)18-26)36-33(37-38)28-16-23(5)15-24(6)17-28/h7-22H,1-6H3. The second-order valence-corrected chi connectivity index (χ2v) is 11.7. The number of nitrogens with zero attached hydrogens (tertiary/aromatic N) is 3. The van der Waals surface area contributed by atoms with Gasteiger partial charge in [-0.05, 0) is 84.3 Å². The van der Waals surface area contributed by atoms with Crippen molar-refractivity contribution >= 4 is 15.9 Å². The summed E-state index contributed by atoms with van der Waals surface area (Å²) in [5.74, 6) is 2.19. The molecule has 0 saturated carbocycles. The molecule has 0 aliphatic rings. The van der Waals surface area contributed by atoms with Crippen molar-refractivity contribution in [3.05, 3.63) is 112 Å². The second-order valence-electron chi connectivity index (χ2n) is 10.7. The SMILES string of the molecule is Cc1cc(C)cc(-c2nc(-c3cccc(Br)c3)n(-c3c(C(C)C)cc(-c4ccccc4)cc3C(C)C)n2)c1. The summed E-state index contributed by atoms with van der Waals surface area (Å²) >= 11 is 3.66. The molecule has 38 heavy (non-hydrogen) atoms. The van der Waals surface area contributed by atoms with Gasteiger partial charge in [0.25, 0.3) is 0 Å². The minimum atomic E-state index is 0.301. The Labute approximate surface area is 234 Å². The highest BCUT2D eigenvalue weighted by molar-refractivity contribution is 9.10. The number of halogens is 1. The second kappa shape index (κ2) is 10.7. The van der Waals surface area contributed by atoms with Gasteiger partial charge in [-0.3, -0.25) is 0 Å². The Morgan fingerprint density at radius 2 is 1.24 bits per heavy atom. The summed E-state index contributed by atoms with van der Waals surface area (Å²) in [5.41, 5.74) is 10.6. The minimum absolute atomic E-state index is 0.301. The van der Waals surface area contributed by atoms with E-state index in [0.29, 0.717) is 11.8 Å². The van der Waals surface area contributed by atoms with E-state index in [9.17, 15) is 0 Å². The van der Waals surface area contributed by atoms with Crippen LogP contribution in [0, 0.1) is 13.8 Å². The molecule has 0 aliphatic carbocycles. The first-order chi connectivity index (χ1) is 18.2. The molecule has 1 aromatic heterocycles. The normalized spacial score (nSPS) is 11.5. The van der Waals surface area contributed by atoms with Crippen LogP contribution >= 0.6 is 15.9 Å². The minimum Gasteiger partial charge on any atom is -0.212 e. The molecule has 0 amide bonds. The van der Waals surface area contributed by atoms with E-state index < -0.39 is 0 Å². The summed E-state index contributed by atoms with van der Waals surface area (Å²) in [7, 11) is 0. The van der Waals surface area contributed by atoms with Gasteiger partial charge in [0.2, 0.25) is 0 Å². The molecule has 0 saturated heterocycles. The number of hydrogen-bond acceptors (Lipinski definition) is 2. The Morgan fingerprint density at radius 1 is 0.632 bits per heavy atom. The van der Waals surface area contributed by atoms with Crippen LogP contribution in [0.2, 0.25) is 0 Å². The van der Waals surface area contributed by atoms with Crippen LogP contribution in [0.25, 0.3) is 39.6 Å². The molecule has 192 valence electrons. The lowest BCUT2D eigenvalue weighted by molar-refractivity contribution is 0.774.